The highest BCUT2D eigenvalue weighted by Crippen LogP contribution is 2.31. The predicted octanol–water partition coefficient (Wildman–Crippen LogP) is 1.43. The lowest BCUT2D eigenvalue weighted by Crippen LogP contribution is -2.50. The molecule has 1 aliphatic rings. The summed E-state index contributed by atoms with van der Waals surface area (Å²) in [6, 6.07) is 4.77. The van der Waals surface area contributed by atoms with E-state index in [-0.39, 0.29) is 30.6 Å². The average molecular weight is 268 g/mol. The Balaban J connectivity index is 2.38. The summed E-state index contributed by atoms with van der Waals surface area (Å²) in [5, 5.41) is 9.22. The van der Waals surface area contributed by atoms with Crippen LogP contribution < -0.4 is 10.6 Å². The van der Waals surface area contributed by atoms with E-state index in [9.17, 15) is 9.50 Å². The fourth-order valence-electron chi connectivity index (χ4n) is 2.44. The zero-order chi connectivity index (χ0) is 14.0. The van der Waals surface area contributed by atoms with Crippen LogP contribution in [0.3, 0.4) is 0 Å². The van der Waals surface area contributed by atoms with Crippen molar-refractivity contribution in [3.8, 4) is 0 Å². The van der Waals surface area contributed by atoms with Gasteiger partial charge in [0.15, 0.2) is 0 Å². The maximum Gasteiger partial charge on any atom is 0.146 e. The van der Waals surface area contributed by atoms with Crippen LogP contribution in [0.2, 0.25) is 0 Å². The smallest absolute Gasteiger partial charge is 0.146 e. The molecule has 2 rings (SSSR count). The summed E-state index contributed by atoms with van der Waals surface area (Å²) in [5.74, 6) is -0.278. The lowest BCUT2D eigenvalue weighted by atomic mass is 10.0. The lowest BCUT2D eigenvalue weighted by Gasteiger charge is -2.40. The first kappa shape index (κ1) is 14.2. The van der Waals surface area contributed by atoms with E-state index in [2.05, 4.69) is 0 Å². The SMILES string of the molecule is CC(N)c1cccc(F)c1N1CC(CO)OCC1C. The van der Waals surface area contributed by atoms with Crippen molar-refractivity contribution >= 4 is 5.69 Å². The number of nitrogens with zero attached hydrogens (tertiary/aromatic N) is 1. The summed E-state index contributed by atoms with van der Waals surface area (Å²) in [7, 11) is 0. The van der Waals surface area contributed by atoms with E-state index < -0.39 is 0 Å². The van der Waals surface area contributed by atoms with E-state index in [1.807, 2.05) is 24.8 Å². The number of nitrogens with two attached hydrogens (primary N) is 1. The minimum absolute atomic E-state index is 0.0530. The first-order valence-corrected chi connectivity index (χ1v) is 6.57. The monoisotopic (exact) mass is 268 g/mol. The molecule has 1 aliphatic heterocycles. The zero-order valence-corrected chi connectivity index (χ0v) is 11.3. The van der Waals surface area contributed by atoms with E-state index >= 15 is 0 Å². The third kappa shape index (κ3) is 2.88. The van der Waals surface area contributed by atoms with Crippen molar-refractivity contribution in [3.05, 3.63) is 29.6 Å². The maximum absolute atomic E-state index is 14.2. The molecule has 1 fully saturated rings. The minimum Gasteiger partial charge on any atom is -0.394 e. The molecule has 0 bridgehead atoms. The Morgan fingerprint density at radius 1 is 1.58 bits per heavy atom. The topological polar surface area (TPSA) is 58.7 Å². The number of aliphatic hydroxyl groups excluding tert-OH is 1. The van der Waals surface area contributed by atoms with Crippen molar-refractivity contribution in [3.63, 3.8) is 0 Å². The highest BCUT2D eigenvalue weighted by molar-refractivity contribution is 5.57. The lowest BCUT2D eigenvalue weighted by molar-refractivity contribution is -0.0105. The highest BCUT2D eigenvalue weighted by Gasteiger charge is 2.29. The van der Waals surface area contributed by atoms with Gasteiger partial charge in [0.1, 0.15) is 5.82 Å². The number of morpholine rings is 1. The molecule has 0 spiro atoms. The maximum atomic E-state index is 14.2. The summed E-state index contributed by atoms with van der Waals surface area (Å²) in [6.07, 6.45) is -0.281. The number of ether oxygens (including phenoxy) is 1. The number of anilines is 1. The largest absolute Gasteiger partial charge is 0.394 e. The van der Waals surface area contributed by atoms with Crippen LogP contribution in [0, 0.1) is 5.82 Å². The van der Waals surface area contributed by atoms with Crippen LogP contribution in [0.15, 0.2) is 18.2 Å². The molecule has 1 heterocycles. The van der Waals surface area contributed by atoms with Gasteiger partial charge in [-0.15, -0.1) is 0 Å². The molecular formula is C14H21FN2O2. The molecule has 4 nitrogen and oxygen atoms in total. The third-order valence-corrected chi connectivity index (χ3v) is 3.50. The van der Waals surface area contributed by atoms with Crippen molar-refractivity contribution in [2.45, 2.75) is 32.0 Å². The van der Waals surface area contributed by atoms with Gasteiger partial charge in [-0.05, 0) is 25.5 Å². The molecule has 106 valence electrons. The van der Waals surface area contributed by atoms with Gasteiger partial charge >= 0.3 is 0 Å². The molecule has 19 heavy (non-hydrogen) atoms. The van der Waals surface area contributed by atoms with Crippen molar-refractivity contribution in [2.24, 2.45) is 5.73 Å². The van der Waals surface area contributed by atoms with E-state index in [0.29, 0.717) is 18.8 Å². The molecule has 3 atom stereocenters. The fraction of sp³-hybridized carbons (Fsp3) is 0.571. The molecule has 0 amide bonds. The molecule has 3 N–H and O–H groups in total. The summed E-state index contributed by atoms with van der Waals surface area (Å²) in [4.78, 5) is 1.94. The third-order valence-electron chi connectivity index (χ3n) is 3.50. The summed E-state index contributed by atoms with van der Waals surface area (Å²) in [5.41, 5.74) is 7.25. The molecule has 0 aliphatic carbocycles. The number of hydrogen-bond acceptors (Lipinski definition) is 4. The standard InChI is InChI=1S/C14H21FN2O2/c1-9-8-19-11(7-18)6-17(9)14-12(10(2)16)4-3-5-13(14)15/h3-5,9-11,18H,6-8,16H2,1-2H3. The van der Waals surface area contributed by atoms with Crippen molar-refractivity contribution in [1.82, 2.24) is 0 Å². The second kappa shape index (κ2) is 5.86. The van der Waals surface area contributed by atoms with Crippen molar-refractivity contribution in [1.29, 1.82) is 0 Å². The fourth-order valence-corrected chi connectivity index (χ4v) is 2.44. The quantitative estimate of drug-likeness (QED) is 0.870. The Morgan fingerprint density at radius 2 is 2.32 bits per heavy atom. The van der Waals surface area contributed by atoms with Crippen LogP contribution in [0.25, 0.3) is 0 Å². The second-order valence-corrected chi connectivity index (χ2v) is 5.11. The molecule has 1 aromatic carbocycles. The minimum atomic E-state index is -0.281. The molecule has 5 heteroatoms. The summed E-state index contributed by atoms with van der Waals surface area (Å²) in [6.45, 7) is 4.69. The molecule has 3 unspecified atom stereocenters. The Bertz CT molecular complexity index is 439. The average Bonchev–Trinajstić information content (AvgIpc) is 2.39. The molecule has 0 radical (unpaired) electrons. The van der Waals surface area contributed by atoms with Crippen LogP contribution >= 0.6 is 0 Å². The van der Waals surface area contributed by atoms with Gasteiger partial charge < -0.3 is 20.5 Å². The Kier molecular flexibility index (Phi) is 4.39. The normalized spacial score (nSPS) is 25.4. The van der Waals surface area contributed by atoms with E-state index in [1.54, 1.807) is 6.07 Å². The predicted molar refractivity (Wildman–Crippen MR) is 72.6 cm³/mol. The van der Waals surface area contributed by atoms with E-state index in [1.165, 1.54) is 6.07 Å². The number of halogens is 1. The van der Waals surface area contributed by atoms with Crippen LogP contribution in [0.4, 0.5) is 10.1 Å². The highest BCUT2D eigenvalue weighted by atomic mass is 19.1. The Morgan fingerprint density at radius 3 is 2.95 bits per heavy atom. The van der Waals surface area contributed by atoms with Crippen molar-refractivity contribution < 1.29 is 14.2 Å². The second-order valence-electron chi connectivity index (χ2n) is 5.11. The molecule has 1 saturated heterocycles. The summed E-state index contributed by atoms with van der Waals surface area (Å²) >= 11 is 0. The van der Waals surface area contributed by atoms with Gasteiger partial charge in [-0.25, -0.2) is 4.39 Å². The van der Waals surface area contributed by atoms with Gasteiger partial charge in [-0.3, -0.25) is 0 Å². The van der Waals surface area contributed by atoms with Gasteiger partial charge in [0.25, 0.3) is 0 Å². The van der Waals surface area contributed by atoms with Gasteiger partial charge in [0.2, 0.25) is 0 Å². The van der Waals surface area contributed by atoms with Crippen LogP contribution in [-0.2, 0) is 4.74 Å². The van der Waals surface area contributed by atoms with Gasteiger partial charge in [0, 0.05) is 18.6 Å². The van der Waals surface area contributed by atoms with Crippen LogP contribution in [-0.4, -0.2) is 37.0 Å². The number of benzene rings is 1. The first-order chi connectivity index (χ1) is 9.04. The molecule has 0 saturated carbocycles. The Labute approximate surface area is 113 Å². The van der Waals surface area contributed by atoms with E-state index in [4.69, 9.17) is 10.5 Å². The molecular weight excluding hydrogens is 247 g/mol. The molecule has 0 aromatic heterocycles. The van der Waals surface area contributed by atoms with Gasteiger partial charge in [-0.1, -0.05) is 12.1 Å². The van der Waals surface area contributed by atoms with Crippen LogP contribution in [0.1, 0.15) is 25.5 Å². The Hall–Kier alpha value is -1.17. The first-order valence-electron chi connectivity index (χ1n) is 6.57. The summed E-state index contributed by atoms with van der Waals surface area (Å²) < 4.78 is 19.7. The number of hydrogen-bond donors (Lipinski definition) is 2. The number of rotatable bonds is 3. The number of aliphatic hydroxyl groups is 1. The van der Waals surface area contributed by atoms with Crippen LogP contribution in [0.5, 0.6) is 0 Å². The van der Waals surface area contributed by atoms with Gasteiger partial charge in [0.05, 0.1) is 25.0 Å². The van der Waals surface area contributed by atoms with E-state index in [0.717, 1.165) is 5.56 Å². The zero-order valence-electron chi connectivity index (χ0n) is 11.3. The van der Waals surface area contributed by atoms with Crippen molar-refractivity contribution in [2.75, 3.05) is 24.7 Å². The van der Waals surface area contributed by atoms with Gasteiger partial charge in [-0.2, -0.15) is 0 Å². The number of para-hydroxylation sites is 1. The molecule has 1 aromatic rings.